The Hall–Kier alpha value is -6.29. The number of rotatable bonds is 9. The van der Waals surface area contributed by atoms with E-state index in [0.29, 0.717) is 66.7 Å². The molecular formula is C40H42N10O6. The molecule has 16 heteroatoms. The van der Waals surface area contributed by atoms with E-state index in [1.165, 1.54) is 13.0 Å². The van der Waals surface area contributed by atoms with E-state index < -0.39 is 23.8 Å². The first-order chi connectivity index (χ1) is 27.0. The summed E-state index contributed by atoms with van der Waals surface area (Å²) in [6, 6.07) is 7.54. The Morgan fingerprint density at radius 2 is 1.71 bits per heavy atom. The molecule has 8 rings (SSSR count). The predicted molar refractivity (Wildman–Crippen MR) is 208 cm³/mol. The third kappa shape index (κ3) is 6.69. The summed E-state index contributed by atoms with van der Waals surface area (Å²) in [4.78, 5) is 97.5. The number of hydrogen-bond acceptors (Lipinski definition) is 12. The largest absolute Gasteiger partial charge is 0.368 e. The van der Waals surface area contributed by atoms with Crippen LogP contribution in [0.2, 0.25) is 0 Å². The molecule has 1 aromatic carbocycles. The molecule has 288 valence electrons. The minimum absolute atomic E-state index is 0.0211. The molecule has 1 atom stereocenters. The van der Waals surface area contributed by atoms with E-state index in [9.17, 15) is 28.8 Å². The van der Waals surface area contributed by atoms with Crippen molar-refractivity contribution in [2.75, 3.05) is 48.3 Å². The predicted octanol–water partition coefficient (Wildman–Crippen LogP) is 3.71. The molecule has 0 spiro atoms. The van der Waals surface area contributed by atoms with E-state index in [4.69, 9.17) is 4.98 Å². The fourth-order valence-electron chi connectivity index (χ4n) is 8.33. The van der Waals surface area contributed by atoms with Crippen LogP contribution in [0.4, 0.5) is 23.1 Å². The number of aryl methyl sites for hydroxylation is 1. The maximum Gasteiger partial charge on any atom is 0.264 e. The van der Waals surface area contributed by atoms with Gasteiger partial charge in [-0.2, -0.15) is 4.98 Å². The lowest BCUT2D eigenvalue weighted by Crippen LogP contribution is -2.51. The van der Waals surface area contributed by atoms with E-state index >= 15 is 0 Å². The second-order valence-electron chi connectivity index (χ2n) is 14.8. The standard InChI is InChI=1S/C40H42N10O6/c1-22-11-13-30(36(53)43-22)50-37(54)27-9-6-10-29(34(27)39(50)56)44-32(52)21-47-15-17-48(18-16-47)26-12-14-31(41-19-26)45-40-42-20-28-23(2)33(24(3)51)38(55)49(35(28)46-40)25-7-4-5-8-25/h6,9-10,12,14,19-20,25,30H,1,4-5,7-8,11,13,15-18,21H2,2-3H3,(H,43,53)(H,44,52)(H,41,42,45,46). The van der Waals surface area contributed by atoms with Crippen LogP contribution in [0.1, 0.15) is 88.1 Å². The average Bonchev–Trinajstić information content (AvgIpc) is 3.79. The molecule has 4 aliphatic rings. The van der Waals surface area contributed by atoms with E-state index in [1.54, 1.807) is 36.0 Å². The lowest BCUT2D eigenvalue weighted by molar-refractivity contribution is -0.125. The first-order valence-electron chi connectivity index (χ1n) is 18.9. The molecule has 2 saturated heterocycles. The first kappa shape index (κ1) is 36.7. The van der Waals surface area contributed by atoms with Crippen LogP contribution in [0, 0.1) is 6.92 Å². The molecular weight excluding hydrogens is 717 g/mol. The third-order valence-corrected chi connectivity index (χ3v) is 11.2. The smallest absolute Gasteiger partial charge is 0.264 e. The van der Waals surface area contributed by atoms with Crippen molar-refractivity contribution in [1.29, 1.82) is 0 Å². The lowest BCUT2D eigenvalue weighted by atomic mass is 10.0. The van der Waals surface area contributed by atoms with Gasteiger partial charge >= 0.3 is 0 Å². The monoisotopic (exact) mass is 758 g/mol. The van der Waals surface area contributed by atoms with Gasteiger partial charge in [0.1, 0.15) is 17.5 Å². The average molecular weight is 759 g/mol. The molecule has 4 aromatic rings. The van der Waals surface area contributed by atoms with Gasteiger partial charge in [0.25, 0.3) is 17.4 Å². The summed E-state index contributed by atoms with van der Waals surface area (Å²) >= 11 is 0. The quantitative estimate of drug-likeness (QED) is 0.166. The molecule has 0 bridgehead atoms. The number of carbonyl (C=O) groups is 5. The van der Waals surface area contributed by atoms with Crippen molar-refractivity contribution in [3.63, 3.8) is 0 Å². The number of pyridine rings is 2. The minimum atomic E-state index is -0.939. The number of nitrogens with zero attached hydrogens (tertiary/aromatic N) is 7. The van der Waals surface area contributed by atoms with Crippen molar-refractivity contribution in [3.8, 4) is 0 Å². The highest BCUT2D eigenvalue weighted by Gasteiger charge is 2.45. The molecule has 3 aliphatic heterocycles. The van der Waals surface area contributed by atoms with Crippen LogP contribution in [0.25, 0.3) is 11.0 Å². The summed E-state index contributed by atoms with van der Waals surface area (Å²) in [6.45, 7) is 9.54. The maximum absolute atomic E-state index is 13.6. The van der Waals surface area contributed by atoms with E-state index in [1.807, 2.05) is 17.0 Å². The molecule has 6 heterocycles. The number of ketones is 1. The van der Waals surface area contributed by atoms with Crippen molar-refractivity contribution in [3.05, 3.63) is 87.6 Å². The number of allylic oxidation sites excluding steroid dienone is 1. The van der Waals surface area contributed by atoms with Gasteiger partial charge in [-0.15, -0.1) is 0 Å². The second-order valence-corrected chi connectivity index (χ2v) is 14.8. The van der Waals surface area contributed by atoms with Crippen LogP contribution in [0.5, 0.6) is 0 Å². The van der Waals surface area contributed by atoms with Gasteiger partial charge in [-0.05, 0) is 69.4 Å². The van der Waals surface area contributed by atoms with Crippen LogP contribution in [0.3, 0.4) is 0 Å². The van der Waals surface area contributed by atoms with Gasteiger partial charge in [0.2, 0.25) is 17.8 Å². The number of carbonyl (C=O) groups excluding carboxylic acids is 5. The summed E-state index contributed by atoms with van der Waals surface area (Å²) in [5, 5.41) is 9.29. The Morgan fingerprint density at radius 1 is 0.946 bits per heavy atom. The zero-order valence-electron chi connectivity index (χ0n) is 31.3. The molecule has 1 unspecified atom stereocenters. The number of amides is 4. The fourth-order valence-corrected chi connectivity index (χ4v) is 8.33. The van der Waals surface area contributed by atoms with E-state index in [-0.39, 0.29) is 58.6 Å². The van der Waals surface area contributed by atoms with Crippen molar-refractivity contribution in [1.82, 2.24) is 34.6 Å². The van der Waals surface area contributed by atoms with E-state index in [2.05, 4.69) is 37.4 Å². The topological polar surface area (TPSA) is 192 Å². The number of anilines is 4. The summed E-state index contributed by atoms with van der Waals surface area (Å²) < 4.78 is 1.68. The van der Waals surface area contributed by atoms with Crippen molar-refractivity contribution < 1.29 is 24.0 Å². The highest BCUT2D eigenvalue weighted by molar-refractivity contribution is 6.25. The van der Waals surface area contributed by atoms with Gasteiger partial charge in [-0.3, -0.25) is 43.1 Å². The van der Waals surface area contributed by atoms with Gasteiger partial charge in [0, 0.05) is 49.5 Å². The number of hydrogen-bond donors (Lipinski definition) is 3. The molecule has 0 radical (unpaired) electrons. The molecule has 3 aromatic heterocycles. The summed E-state index contributed by atoms with van der Waals surface area (Å²) in [6.07, 6.45) is 7.90. The maximum atomic E-state index is 13.6. The Bertz CT molecular complexity index is 2380. The second kappa shape index (κ2) is 14.7. The number of Topliss-reactive ketones (excluding diaryl/α,β-unsaturated/α-hetero) is 1. The molecule has 3 N–H and O–H groups in total. The SMILES string of the molecule is C=C1CCC(N2C(=O)c3cccc(NC(=O)CN4CCN(c5ccc(Nc6ncc7c(C)c(C(C)=O)c(=O)n(C8CCCC8)c7n6)nc5)CC4)c3C2=O)C(=O)N1. The van der Waals surface area contributed by atoms with Crippen LogP contribution in [0.15, 0.2) is 59.8 Å². The van der Waals surface area contributed by atoms with Gasteiger partial charge in [-0.1, -0.05) is 25.5 Å². The zero-order chi connectivity index (χ0) is 39.2. The molecule has 56 heavy (non-hydrogen) atoms. The molecule has 1 saturated carbocycles. The number of imide groups is 1. The van der Waals surface area contributed by atoms with Gasteiger partial charge in [0.05, 0.1) is 40.8 Å². The van der Waals surface area contributed by atoms with Crippen LogP contribution in [-0.2, 0) is 9.59 Å². The zero-order valence-corrected chi connectivity index (χ0v) is 31.3. The molecule has 3 fully saturated rings. The number of fused-ring (bicyclic) bond motifs is 2. The minimum Gasteiger partial charge on any atom is -0.368 e. The van der Waals surface area contributed by atoms with Crippen molar-refractivity contribution in [2.24, 2.45) is 0 Å². The van der Waals surface area contributed by atoms with Crippen LogP contribution < -0.4 is 26.4 Å². The normalized spacial score (nSPS) is 19.1. The Labute approximate surface area is 322 Å². The highest BCUT2D eigenvalue weighted by atomic mass is 16.2. The third-order valence-electron chi connectivity index (χ3n) is 11.2. The number of nitrogens with one attached hydrogen (secondary N) is 3. The van der Waals surface area contributed by atoms with Crippen LogP contribution >= 0.6 is 0 Å². The Kier molecular flexibility index (Phi) is 9.66. The Balaban J connectivity index is 0.885. The molecule has 1 aliphatic carbocycles. The van der Waals surface area contributed by atoms with E-state index in [0.717, 1.165) is 36.3 Å². The molecule has 16 nitrogen and oxygen atoms in total. The number of aromatic nitrogens is 4. The highest BCUT2D eigenvalue weighted by Crippen LogP contribution is 2.34. The lowest BCUT2D eigenvalue weighted by Gasteiger charge is -2.35. The van der Waals surface area contributed by atoms with Gasteiger partial charge in [-0.25, -0.2) is 9.97 Å². The number of piperidine rings is 1. The molecule has 4 amide bonds. The fraction of sp³-hybridized carbons (Fsp3) is 0.375. The van der Waals surface area contributed by atoms with Crippen molar-refractivity contribution >= 4 is 63.6 Å². The summed E-state index contributed by atoms with van der Waals surface area (Å²) in [5.74, 6) is -1.38. The number of benzene rings is 1. The summed E-state index contributed by atoms with van der Waals surface area (Å²) in [5.41, 5.74) is 2.91. The van der Waals surface area contributed by atoms with Gasteiger partial charge in [0.15, 0.2) is 5.78 Å². The first-order valence-corrected chi connectivity index (χ1v) is 18.9. The number of piperazine rings is 1. The van der Waals surface area contributed by atoms with Crippen LogP contribution in [-0.4, -0.2) is 97.5 Å². The Morgan fingerprint density at radius 3 is 2.41 bits per heavy atom. The van der Waals surface area contributed by atoms with Gasteiger partial charge < -0.3 is 20.9 Å². The summed E-state index contributed by atoms with van der Waals surface area (Å²) in [7, 11) is 0. The van der Waals surface area contributed by atoms with Crippen molar-refractivity contribution in [2.45, 2.75) is 64.5 Å².